The molecule has 0 unspecified atom stereocenters. The summed E-state index contributed by atoms with van der Waals surface area (Å²) in [6.45, 7) is 13.7. The van der Waals surface area contributed by atoms with E-state index in [-0.39, 0.29) is 5.91 Å². The second-order valence-corrected chi connectivity index (χ2v) is 11.8. The van der Waals surface area contributed by atoms with E-state index in [1.807, 2.05) is 60.3 Å². The summed E-state index contributed by atoms with van der Waals surface area (Å²) in [4.78, 5) is 27.6. The number of likely N-dealkylation sites (N-methyl/N-ethyl adjacent to an activating group) is 1. The van der Waals surface area contributed by atoms with Crippen molar-refractivity contribution < 1.29 is 9.53 Å². The second kappa shape index (κ2) is 12.1. The minimum Gasteiger partial charge on any atom is -0.492 e. The number of carbonyl (C=O) groups excluding carboxylic acids is 1. The van der Waals surface area contributed by atoms with Crippen LogP contribution in [0.1, 0.15) is 54.3 Å². The van der Waals surface area contributed by atoms with Gasteiger partial charge in [-0.1, -0.05) is 26.0 Å². The first kappa shape index (κ1) is 28.8. The molecule has 1 aliphatic heterocycles. The van der Waals surface area contributed by atoms with Crippen molar-refractivity contribution in [2.75, 3.05) is 45.2 Å². The Morgan fingerprint density at radius 2 is 1.98 bits per heavy atom. The Labute approximate surface area is 252 Å². The third-order valence-corrected chi connectivity index (χ3v) is 8.37. The highest BCUT2D eigenvalue weighted by Gasteiger charge is 2.21. The highest BCUT2D eigenvalue weighted by Crippen LogP contribution is 2.28. The van der Waals surface area contributed by atoms with Crippen molar-refractivity contribution in [3.05, 3.63) is 83.7 Å². The molecule has 1 atom stereocenters. The summed E-state index contributed by atoms with van der Waals surface area (Å²) in [6.07, 6.45) is 3.44. The number of pyridine rings is 2. The number of amides is 1. The Kier molecular flexibility index (Phi) is 8.14. The standard InChI is InChI=1S/C33H40N8O2/c1-22(2)27-9-6-8-25(35-27)21-41-29-11-7-10-28(32(29)24(4)37-41)36-33(42)30-19-34-31-18-26(12-13-40(30)31)43-17-16-39-15-14-38(5)23(3)20-39/h6-13,18-19,22-23H,14-17,20-21H2,1-5H3,(H,36,42)/t23-/m1/s1. The van der Waals surface area contributed by atoms with Crippen molar-refractivity contribution in [1.82, 2.24) is 33.9 Å². The lowest BCUT2D eigenvalue weighted by molar-refractivity contribution is 0.0928. The number of piperazine rings is 1. The molecule has 6 rings (SSSR count). The van der Waals surface area contributed by atoms with Gasteiger partial charge >= 0.3 is 0 Å². The van der Waals surface area contributed by atoms with Gasteiger partial charge in [0, 0.05) is 55.6 Å². The average molecular weight is 581 g/mol. The molecule has 1 aromatic carbocycles. The molecule has 10 heteroatoms. The Balaban J connectivity index is 1.15. The highest BCUT2D eigenvalue weighted by atomic mass is 16.5. The number of benzene rings is 1. The van der Waals surface area contributed by atoms with Crippen LogP contribution in [0.3, 0.4) is 0 Å². The summed E-state index contributed by atoms with van der Waals surface area (Å²) in [5.74, 6) is 0.859. The van der Waals surface area contributed by atoms with Crippen molar-refractivity contribution in [3.8, 4) is 5.75 Å². The Bertz CT molecular complexity index is 1760. The molecule has 1 N–H and O–H groups in total. The molecule has 0 spiro atoms. The second-order valence-electron chi connectivity index (χ2n) is 11.8. The minimum atomic E-state index is -0.240. The fourth-order valence-corrected chi connectivity index (χ4v) is 5.73. The molecule has 5 heterocycles. The first-order valence-corrected chi connectivity index (χ1v) is 15.0. The maximum atomic E-state index is 13.5. The molecule has 1 fully saturated rings. The van der Waals surface area contributed by atoms with E-state index in [1.54, 1.807) is 10.6 Å². The number of anilines is 1. The molecule has 5 aromatic rings. The van der Waals surface area contributed by atoms with Gasteiger partial charge in [-0.05, 0) is 57.1 Å². The zero-order valence-corrected chi connectivity index (χ0v) is 25.6. The van der Waals surface area contributed by atoms with Crippen molar-refractivity contribution in [2.24, 2.45) is 0 Å². The lowest BCUT2D eigenvalue weighted by Crippen LogP contribution is -2.50. The fraction of sp³-hybridized carbons (Fsp3) is 0.394. The van der Waals surface area contributed by atoms with Crippen LogP contribution in [0.2, 0.25) is 0 Å². The number of aromatic nitrogens is 5. The Morgan fingerprint density at radius 3 is 2.79 bits per heavy atom. The maximum Gasteiger partial charge on any atom is 0.274 e. The number of carbonyl (C=O) groups is 1. The van der Waals surface area contributed by atoms with E-state index in [2.05, 4.69) is 54.0 Å². The number of nitrogens with one attached hydrogen (secondary N) is 1. The molecule has 4 aromatic heterocycles. The molecule has 1 amide bonds. The van der Waals surface area contributed by atoms with Gasteiger partial charge in [0.25, 0.3) is 5.91 Å². The van der Waals surface area contributed by atoms with Gasteiger partial charge in [0.05, 0.1) is 35.3 Å². The highest BCUT2D eigenvalue weighted by molar-refractivity contribution is 6.08. The van der Waals surface area contributed by atoms with Gasteiger partial charge in [-0.3, -0.25) is 23.8 Å². The predicted molar refractivity (Wildman–Crippen MR) is 169 cm³/mol. The number of ether oxygens (including phenoxy) is 1. The van der Waals surface area contributed by atoms with Crippen molar-refractivity contribution in [2.45, 2.75) is 46.2 Å². The third kappa shape index (κ3) is 6.11. The summed E-state index contributed by atoms with van der Waals surface area (Å²) >= 11 is 0. The van der Waals surface area contributed by atoms with E-state index < -0.39 is 0 Å². The number of imidazole rings is 1. The first-order valence-electron chi connectivity index (χ1n) is 15.0. The summed E-state index contributed by atoms with van der Waals surface area (Å²) in [6, 6.07) is 16.3. The number of rotatable bonds is 9. The van der Waals surface area contributed by atoms with Crippen LogP contribution in [-0.4, -0.2) is 85.7 Å². The molecular formula is C33H40N8O2. The number of fused-ring (bicyclic) bond motifs is 2. The van der Waals surface area contributed by atoms with E-state index in [0.717, 1.165) is 59.9 Å². The number of hydrogen-bond acceptors (Lipinski definition) is 7. The number of aryl methyl sites for hydroxylation is 1. The van der Waals surface area contributed by atoms with Crippen LogP contribution < -0.4 is 10.1 Å². The number of nitrogens with zero attached hydrogens (tertiary/aromatic N) is 7. The number of hydrogen-bond donors (Lipinski definition) is 1. The monoisotopic (exact) mass is 580 g/mol. The normalized spacial score (nSPS) is 16.4. The molecule has 0 aliphatic carbocycles. The van der Waals surface area contributed by atoms with Gasteiger partial charge < -0.3 is 15.0 Å². The molecule has 1 aliphatic rings. The van der Waals surface area contributed by atoms with Crippen LogP contribution in [-0.2, 0) is 6.54 Å². The average Bonchev–Trinajstić information content (AvgIpc) is 3.56. The molecule has 10 nitrogen and oxygen atoms in total. The van der Waals surface area contributed by atoms with Crippen molar-refractivity contribution in [1.29, 1.82) is 0 Å². The largest absolute Gasteiger partial charge is 0.492 e. The summed E-state index contributed by atoms with van der Waals surface area (Å²) < 4.78 is 9.78. The zero-order chi connectivity index (χ0) is 30.1. The fourth-order valence-electron chi connectivity index (χ4n) is 5.73. The van der Waals surface area contributed by atoms with E-state index in [4.69, 9.17) is 14.8 Å². The quantitative estimate of drug-likeness (QED) is 0.267. The summed E-state index contributed by atoms with van der Waals surface area (Å²) in [5.41, 5.74) is 5.62. The van der Waals surface area contributed by atoms with E-state index in [9.17, 15) is 4.79 Å². The Morgan fingerprint density at radius 1 is 1.14 bits per heavy atom. The van der Waals surface area contributed by atoms with Crippen LogP contribution in [0.15, 0.2) is 60.9 Å². The van der Waals surface area contributed by atoms with Gasteiger partial charge in [0.1, 0.15) is 23.7 Å². The van der Waals surface area contributed by atoms with Gasteiger partial charge in [-0.25, -0.2) is 4.98 Å². The molecule has 0 radical (unpaired) electrons. The van der Waals surface area contributed by atoms with Crippen LogP contribution in [0.5, 0.6) is 5.75 Å². The van der Waals surface area contributed by atoms with Gasteiger partial charge in [-0.2, -0.15) is 5.10 Å². The lowest BCUT2D eigenvalue weighted by atomic mass is 10.1. The topological polar surface area (TPSA) is 92.8 Å². The van der Waals surface area contributed by atoms with Crippen LogP contribution in [0.4, 0.5) is 5.69 Å². The van der Waals surface area contributed by atoms with Crippen LogP contribution >= 0.6 is 0 Å². The maximum absolute atomic E-state index is 13.5. The van der Waals surface area contributed by atoms with Crippen molar-refractivity contribution in [3.63, 3.8) is 0 Å². The van der Waals surface area contributed by atoms with Crippen LogP contribution in [0.25, 0.3) is 16.6 Å². The molecule has 0 bridgehead atoms. The smallest absolute Gasteiger partial charge is 0.274 e. The van der Waals surface area contributed by atoms with Gasteiger partial charge in [0.15, 0.2) is 0 Å². The zero-order valence-electron chi connectivity index (χ0n) is 25.6. The van der Waals surface area contributed by atoms with E-state index in [1.165, 1.54) is 0 Å². The third-order valence-electron chi connectivity index (χ3n) is 8.37. The summed E-state index contributed by atoms with van der Waals surface area (Å²) in [5, 5.41) is 8.82. The predicted octanol–water partition coefficient (Wildman–Crippen LogP) is 4.83. The van der Waals surface area contributed by atoms with Gasteiger partial charge in [-0.15, -0.1) is 0 Å². The SMILES string of the molecule is Cc1nn(Cc2cccc(C(C)C)n2)c2cccc(NC(=O)c3cnc4cc(OCCN5CCN(C)[C@H](C)C5)ccn34)c12. The van der Waals surface area contributed by atoms with E-state index >= 15 is 0 Å². The van der Waals surface area contributed by atoms with Crippen molar-refractivity contribution >= 4 is 28.1 Å². The van der Waals surface area contributed by atoms with E-state index in [0.29, 0.717) is 42.1 Å². The molecular weight excluding hydrogens is 540 g/mol. The van der Waals surface area contributed by atoms with Crippen LogP contribution in [0, 0.1) is 6.92 Å². The Hall–Kier alpha value is -4.28. The molecule has 1 saturated heterocycles. The minimum absolute atomic E-state index is 0.240. The summed E-state index contributed by atoms with van der Waals surface area (Å²) in [7, 11) is 2.18. The molecule has 43 heavy (non-hydrogen) atoms. The first-order chi connectivity index (χ1) is 20.8. The molecule has 0 saturated carbocycles. The molecule has 224 valence electrons. The lowest BCUT2D eigenvalue weighted by Gasteiger charge is -2.37. The van der Waals surface area contributed by atoms with Gasteiger partial charge in [0.2, 0.25) is 0 Å².